The molecule has 0 aromatic heterocycles. The maximum atomic E-state index is 11.9. The number of nitrogens with one attached hydrogen (secondary N) is 2. The molecule has 136 valence electrons. The number of hydrogen-bond acceptors (Lipinski definition) is 3. The highest BCUT2D eigenvalue weighted by Gasteiger charge is 2.14. The number of rotatable bonds is 7. The first kappa shape index (κ1) is 19.4. The predicted octanol–water partition coefficient (Wildman–Crippen LogP) is 3.05. The standard InChI is InChI=1S/C21H25N3O2/c1-16(2)22-20(25)21(26)24-23-19(18-13-7-4-8-14-18)15-9-12-17-10-5-3-6-11-17/h3-8,10-11,13-14,16H,9,12,15H2,1-2H3,(H,22,25)(H,24,26)/b23-19+. The fourth-order valence-corrected chi connectivity index (χ4v) is 2.50. The molecule has 0 spiro atoms. The number of carbonyl (C=O) groups excluding carboxylic acids is 2. The summed E-state index contributed by atoms with van der Waals surface area (Å²) in [5, 5.41) is 6.76. The molecule has 0 unspecified atom stereocenters. The summed E-state index contributed by atoms with van der Waals surface area (Å²) in [4.78, 5) is 23.6. The minimum absolute atomic E-state index is 0.100. The summed E-state index contributed by atoms with van der Waals surface area (Å²) in [5.41, 5.74) is 5.33. The van der Waals surface area contributed by atoms with E-state index in [1.807, 2.05) is 48.5 Å². The Labute approximate surface area is 154 Å². The van der Waals surface area contributed by atoms with E-state index in [2.05, 4.69) is 28.0 Å². The van der Waals surface area contributed by atoms with Crippen LogP contribution in [0.3, 0.4) is 0 Å². The average Bonchev–Trinajstić information content (AvgIpc) is 2.65. The predicted molar refractivity (Wildman–Crippen MR) is 104 cm³/mol. The van der Waals surface area contributed by atoms with E-state index in [4.69, 9.17) is 0 Å². The van der Waals surface area contributed by atoms with E-state index in [1.54, 1.807) is 13.8 Å². The van der Waals surface area contributed by atoms with Crippen molar-refractivity contribution >= 4 is 17.5 Å². The number of benzene rings is 2. The van der Waals surface area contributed by atoms with Gasteiger partial charge in [-0.25, -0.2) is 5.43 Å². The van der Waals surface area contributed by atoms with Crippen molar-refractivity contribution in [3.63, 3.8) is 0 Å². The molecular formula is C21H25N3O2. The molecule has 0 saturated carbocycles. The molecule has 2 rings (SSSR count). The fraction of sp³-hybridized carbons (Fsp3) is 0.286. The van der Waals surface area contributed by atoms with Gasteiger partial charge in [0.15, 0.2) is 0 Å². The molecule has 0 radical (unpaired) electrons. The van der Waals surface area contributed by atoms with Gasteiger partial charge < -0.3 is 5.32 Å². The number of hydrazone groups is 1. The Kier molecular flexibility index (Phi) is 7.55. The number of carbonyl (C=O) groups is 2. The Morgan fingerprint density at radius 3 is 2.15 bits per heavy atom. The average molecular weight is 351 g/mol. The molecule has 2 amide bonds. The van der Waals surface area contributed by atoms with Crippen LogP contribution in [0.25, 0.3) is 0 Å². The van der Waals surface area contributed by atoms with Crippen LogP contribution >= 0.6 is 0 Å². The molecule has 2 N–H and O–H groups in total. The maximum absolute atomic E-state index is 11.9. The van der Waals surface area contributed by atoms with Crippen LogP contribution in [-0.2, 0) is 16.0 Å². The Morgan fingerprint density at radius 1 is 0.923 bits per heavy atom. The van der Waals surface area contributed by atoms with E-state index in [0.717, 1.165) is 24.1 Å². The van der Waals surface area contributed by atoms with E-state index in [-0.39, 0.29) is 6.04 Å². The smallest absolute Gasteiger partial charge is 0.329 e. The van der Waals surface area contributed by atoms with Crippen LogP contribution in [0.5, 0.6) is 0 Å². The van der Waals surface area contributed by atoms with E-state index in [1.165, 1.54) is 5.56 Å². The van der Waals surface area contributed by atoms with E-state index < -0.39 is 11.8 Å². The van der Waals surface area contributed by atoms with Crippen LogP contribution in [0.4, 0.5) is 0 Å². The SMILES string of the molecule is CC(C)NC(=O)C(=O)N/N=C(\CCCc1ccccc1)c1ccccc1. The molecule has 0 saturated heterocycles. The second kappa shape index (κ2) is 10.1. The fourth-order valence-electron chi connectivity index (χ4n) is 2.50. The molecule has 2 aromatic carbocycles. The zero-order chi connectivity index (χ0) is 18.8. The summed E-state index contributed by atoms with van der Waals surface area (Å²) in [5.74, 6) is -1.43. The third kappa shape index (κ3) is 6.51. The van der Waals surface area contributed by atoms with Gasteiger partial charge in [0.25, 0.3) is 0 Å². The van der Waals surface area contributed by atoms with Gasteiger partial charge in [0, 0.05) is 6.04 Å². The summed E-state index contributed by atoms with van der Waals surface area (Å²) in [6, 6.07) is 19.8. The lowest BCUT2D eigenvalue weighted by Crippen LogP contribution is -2.41. The minimum atomic E-state index is -0.754. The quantitative estimate of drug-likeness (QED) is 0.457. The highest BCUT2D eigenvalue weighted by atomic mass is 16.2. The van der Waals surface area contributed by atoms with Crippen molar-refractivity contribution in [2.24, 2.45) is 5.10 Å². The van der Waals surface area contributed by atoms with Crippen molar-refractivity contribution in [3.8, 4) is 0 Å². The summed E-state index contributed by atoms with van der Waals surface area (Å²) < 4.78 is 0. The third-order valence-corrected chi connectivity index (χ3v) is 3.75. The zero-order valence-electron chi connectivity index (χ0n) is 15.2. The van der Waals surface area contributed by atoms with Gasteiger partial charge in [-0.3, -0.25) is 9.59 Å². The van der Waals surface area contributed by atoms with Crippen molar-refractivity contribution in [2.75, 3.05) is 0 Å². The highest BCUT2D eigenvalue weighted by Crippen LogP contribution is 2.10. The second-order valence-corrected chi connectivity index (χ2v) is 6.33. The molecule has 2 aromatic rings. The Morgan fingerprint density at radius 2 is 1.54 bits per heavy atom. The van der Waals surface area contributed by atoms with Gasteiger partial charge in [0.1, 0.15) is 0 Å². The number of nitrogens with zero attached hydrogens (tertiary/aromatic N) is 1. The first-order valence-electron chi connectivity index (χ1n) is 8.83. The molecule has 0 bridgehead atoms. The Balaban J connectivity index is 2.01. The van der Waals surface area contributed by atoms with Gasteiger partial charge >= 0.3 is 11.8 Å². The van der Waals surface area contributed by atoms with Gasteiger partial charge in [-0.1, -0.05) is 60.7 Å². The first-order valence-corrected chi connectivity index (χ1v) is 8.83. The van der Waals surface area contributed by atoms with E-state index in [9.17, 15) is 9.59 Å². The van der Waals surface area contributed by atoms with Gasteiger partial charge in [0.2, 0.25) is 0 Å². The van der Waals surface area contributed by atoms with Gasteiger partial charge in [0.05, 0.1) is 5.71 Å². The molecule has 26 heavy (non-hydrogen) atoms. The molecular weight excluding hydrogens is 326 g/mol. The number of aryl methyl sites for hydroxylation is 1. The van der Waals surface area contributed by atoms with Crippen LogP contribution in [0.2, 0.25) is 0 Å². The number of hydrogen-bond donors (Lipinski definition) is 2. The summed E-state index contributed by atoms with van der Waals surface area (Å²) >= 11 is 0. The molecule has 0 fully saturated rings. The largest absolute Gasteiger partial charge is 0.346 e. The lowest BCUT2D eigenvalue weighted by Gasteiger charge is -2.09. The third-order valence-electron chi connectivity index (χ3n) is 3.75. The van der Waals surface area contributed by atoms with Crippen LogP contribution in [0.1, 0.15) is 37.8 Å². The lowest BCUT2D eigenvalue weighted by molar-refractivity contribution is -0.139. The van der Waals surface area contributed by atoms with Crippen molar-refractivity contribution in [2.45, 2.75) is 39.2 Å². The van der Waals surface area contributed by atoms with Crippen LogP contribution < -0.4 is 10.7 Å². The Bertz CT molecular complexity index is 740. The van der Waals surface area contributed by atoms with Crippen molar-refractivity contribution in [1.82, 2.24) is 10.7 Å². The monoisotopic (exact) mass is 351 g/mol. The minimum Gasteiger partial charge on any atom is -0.346 e. The molecule has 0 atom stereocenters. The highest BCUT2D eigenvalue weighted by molar-refractivity contribution is 6.35. The lowest BCUT2D eigenvalue weighted by atomic mass is 10.0. The molecule has 0 heterocycles. The van der Waals surface area contributed by atoms with Crippen molar-refractivity contribution in [3.05, 3.63) is 71.8 Å². The van der Waals surface area contributed by atoms with Gasteiger partial charge in [-0.05, 0) is 44.2 Å². The zero-order valence-corrected chi connectivity index (χ0v) is 15.2. The summed E-state index contributed by atoms with van der Waals surface area (Å²) in [6.45, 7) is 3.60. The molecule has 0 aliphatic carbocycles. The van der Waals surface area contributed by atoms with Crippen molar-refractivity contribution < 1.29 is 9.59 Å². The van der Waals surface area contributed by atoms with E-state index in [0.29, 0.717) is 6.42 Å². The van der Waals surface area contributed by atoms with E-state index >= 15 is 0 Å². The van der Waals surface area contributed by atoms with Gasteiger partial charge in [-0.15, -0.1) is 0 Å². The summed E-state index contributed by atoms with van der Waals surface area (Å²) in [6.07, 6.45) is 2.52. The number of amides is 2. The van der Waals surface area contributed by atoms with Crippen molar-refractivity contribution in [1.29, 1.82) is 0 Å². The summed E-state index contributed by atoms with van der Waals surface area (Å²) in [7, 11) is 0. The molecule has 0 aliphatic heterocycles. The van der Waals surface area contributed by atoms with Gasteiger partial charge in [-0.2, -0.15) is 5.10 Å². The Hall–Kier alpha value is -2.95. The molecule has 0 aliphatic rings. The second-order valence-electron chi connectivity index (χ2n) is 6.33. The molecule has 5 heteroatoms. The van der Waals surface area contributed by atoms with Crippen LogP contribution in [0.15, 0.2) is 65.8 Å². The normalized spacial score (nSPS) is 11.3. The topological polar surface area (TPSA) is 70.6 Å². The first-order chi connectivity index (χ1) is 12.6. The molecule has 5 nitrogen and oxygen atoms in total. The maximum Gasteiger partial charge on any atom is 0.329 e. The van der Waals surface area contributed by atoms with Crippen LogP contribution in [0, 0.1) is 0 Å². The van der Waals surface area contributed by atoms with Crippen LogP contribution in [-0.4, -0.2) is 23.6 Å².